The Morgan fingerprint density at radius 2 is 1.78 bits per heavy atom. The number of halogens is 3. The SMILES string of the molecule is CCC(N)C(Sc1nc(N)cc(N)n1)C(F)(F)F. The largest absolute Gasteiger partial charge is 0.402 e. The Morgan fingerprint density at radius 3 is 2.17 bits per heavy atom. The molecule has 0 saturated heterocycles. The van der Waals surface area contributed by atoms with Crippen molar-refractivity contribution in [2.75, 3.05) is 11.5 Å². The van der Waals surface area contributed by atoms with E-state index >= 15 is 0 Å². The summed E-state index contributed by atoms with van der Waals surface area (Å²) in [5.41, 5.74) is 16.3. The molecule has 0 saturated carbocycles. The first kappa shape index (κ1) is 14.8. The highest BCUT2D eigenvalue weighted by Gasteiger charge is 2.44. The third-order valence-corrected chi connectivity index (χ3v) is 3.42. The van der Waals surface area contributed by atoms with Gasteiger partial charge in [-0.25, -0.2) is 9.97 Å². The van der Waals surface area contributed by atoms with Crippen LogP contribution in [0.15, 0.2) is 11.2 Å². The van der Waals surface area contributed by atoms with Gasteiger partial charge < -0.3 is 17.2 Å². The van der Waals surface area contributed by atoms with Crippen molar-refractivity contribution < 1.29 is 13.2 Å². The Bertz CT molecular complexity index is 391. The van der Waals surface area contributed by atoms with Gasteiger partial charge in [0.05, 0.1) is 0 Å². The second kappa shape index (κ2) is 5.61. The number of aromatic nitrogens is 2. The summed E-state index contributed by atoms with van der Waals surface area (Å²) in [6.07, 6.45) is -4.25. The van der Waals surface area contributed by atoms with Gasteiger partial charge in [0.2, 0.25) is 0 Å². The van der Waals surface area contributed by atoms with Crippen LogP contribution in [-0.2, 0) is 0 Å². The standard InChI is InChI=1S/C9H14F3N5S/c1-2-4(13)7(9(10,11)12)18-8-16-5(14)3-6(15)17-8/h3-4,7H,2,13H2,1H3,(H4,14,15,16,17). The van der Waals surface area contributed by atoms with E-state index in [9.17, 15) is 13.2 Å². The van der Waals surface area contributed by atoms with Crippen LogP contribution in [0.1, 0.15) is 13.3 Å². The molecule has 0 fully saturated rings. The van der Waals surface area contributed by atoms with Crippen LogP contribution in [0.25, 0.3) is 0 Å². The number of thioether (sulfide) groups is 1. The molecule has 0 aliphatic rings. The van der Waals surface area contributed by atoms with E-state index in [0.717, 1.165) is 0 Å². The van der Waals surface area contributed by atoms with Gasteiger partial charge in [-0.3, -0.25) is 0 Å². The maximum atomic E-state index is 12.8. The quantitative estimate of drug-likeness (QED) is 0.569. The molecule has 5 nitrogen and oxygen atoms in total. The van der Waals surface area contributed by atoms with Crippen molar-refractivity contribution >= 4 is 23.4 Å². The maximum Gasteiger partial charge on any atom is 0.402 e. The third-order valence-electron chi connectivity index (χ3n) is 2.16. The molecule has 6 N–H and O–H groups in total. The highest BCUT2D eigenvalue weighted by atomic mass is 32.2. The van der Waals surface area contributed by atoms with Crippen molar-refractivity contribution in [2.24, 2.45) is 5.73 Å². The number of nitrogen functional groups attached to an aromatic ring is 2. The molecule has 0 bridgehead atoms. The summed E-state index contributed by atoms with van der Waals surface area (Å²) < 4.78 is 38.5. The summed E-state index contributed by atoms with van der Waals surface area (Å²) in [6.45, 7) is 1.58. The first-order chi connectivity index (χ1) is 8.24. The minimum atomic E-state index is -4.44. The van der Waals surface area contributed by atoms with Crippen LogP contribution in [0.4, 0.5) is 24.8 Å². The van der Waals surface area contributed by atoms with E-state index in [0.29, 0.717) is 11.8 Å². The molecule has 2 unspecified atom stereocenters. The van der Waals surface area contributed by atoms with Gasteiger partial charge in [0.25, 0.3) is 0 Å². The minimum absolute atomic E-state index is 0.0241. The van der Waals surface area contributed by atoms with Crippen LogP contribution in [0.5, 0.6) is 0 Å². The van der Waals surface area contributed by atoms with E-state index in [2.05, 4.69) is 9.97 Å². The van der Waals surface area contributed by atoms with Crippen molar-refractivity contribution in [1.29, 1.82) is 0 Å². The second-order valence-electron chi connectivity index (χ2n) is 3.65. The Balaban J connectivity index is 2.96. The fourth-order valence-electron chi connectivity index (χ4n) is 1.24. The Labute approximate surface area is 106 Å². The summed E-state index contributed by atoms with van der Waals surface area (Å²) in [5, 5.41) is -1.91. The molecule has 0 radical (unpaired) electrons. The zero-order valence-electron chi connectivity index (χ0n) is 9.61. The van der Waals surface area contributed by atoms with Gasteiger partial charge in [-0.1, -0.05) is 18.7 Å². The fourth-order valence-corrected chi connectivity index (χ4v) is 2.28. The first-order valence-electron chi connectivity index (χ1n) is 5.13. The lowest BCUT2D eigenvalue weighted by Gasteiger charge is -2.24. The van der Waals surface area contributed by atoms with Gasteiger partial charge in [0.15, 0.2) is 5.16 Å². The summed E-state index contributed by atoms with van der Waals surface area (Å²) in [4.78, 5) is 7.40. The smallest absolute Gasteiger partial charge is 0.383 e. The lowest BCUT2D eigenvalue weighted by atomic mass is 10.1. The number of nitrogens with two attached hydrogens (primary N) is 3. The zero-order chi connectivity index (χ0) is 13.9. The number of hydrogen-bond acceptors (Lipinski definition) is 6. The van der Waals surface area contributed by atoms with Gasteiger partial charge in [0, 0.05) is 12.1 Å². The molecule has 1 heterocycles. The van der Waals surface area contributed by atoms with E-state index in [1.165, 1.54) is 6.07 Å². The Hall–Kier alpha value is -1.22. The topological polar surface area (TPSA) is 104 Å². The molecule has 0 spiro atoms. The molecule has 0 aliphatic heterocycles. The molecule has 1 aromatic heterocycles. The van der Waals surface area contributed by atoms with Gasteiger partial charge in [-0.15, -0.1) is 0 Å². The van der Waals surface area contributed by atoms with Gasteiger partial charge >= 0.3 is 6.18 Å². The van der Waals surface area contributed by atoms with Crippen molar-refractivity contribution in [2.45, 2.75) is 36.0 Å². The molecule has 1 rings (SSSR count). The van der Waals surface area contributed by atoms with Crippen LogP contribution in [0.2, 0.25) is 0 Å². The lowest BCUT2D eigenvalue weighted by Crippen LogP contribution is -2.42. The van der Waals surface area contributed by atoms with Crippen LogP contribution in [0.3, 0.4) is 0 Å². The van der Waals surface area contributed by atoms with E-state index in [1.54, 1.807) is 6.92 Å². The number of alkyl halides is 3. The van der Waals surface area contributed by atoms with Crippen LogP contribution in [-0.4, -0.2) is 27.4 Å². The summed E-state index contributed by atoms with van der Waals surface area (Å²) in [6, 6.07) is 0.230. The summed E-state index contributed by atoms with van der Waals surface area (Å²) in [5.74, 6) is 0.0481. The molecular formula is C9H14F3N5S. The lowest BCUT2D eigenvalue weighted by molar-refractivity contribution is -0.132. The maximum absolute atomic E-state index is 12.8. The third kappa shape index (κ3) is 3.91. The molecule has 9 heteroatoms. The van der Waals surface area contributed by atoms with Gasteiger partial charge in [-0.2, -0.15) is 13.2 Å². The predicted molar refractivity (Wildman–Crippen MR) is 64.8 cm³/mol. The summed E-state index contributed by atoms with van der Waals surface area (Å²) >= 11 is 0.424. The molecule has 18 heavy (non-hydrogen) atoms. The predicted octanol–water partition coefficient (Wildman–Crippen LogP) is 1.40. The van der Waals surface area contributed by atoms with Crippen molar-refractivity contribution in [3.63, 3.8) is 0 Å². The number of anilines is 2. The van der Waals surface area contributed by atoms with E-state index in [-0.39, 0.29) is 23.2 Å². The number of hydrogen-bond donors (Lipinski definition) is 3. The van der Waals surface area contributed by atoms with Crippen molar-refractivity contribution in [1.82, 2.24) is 9.97 Å². The highest BCUT2D eigenvalue weighted by Crippen LogP contribution is 2.36. The van der Waals surface area contributed by atoms with E-state index in [4.69, 9.17) is 17.2 Å². The average Bonchev–Trinajstić information content (AvgIpc) is 2.22. The summed E-state index contributed by atoms with van der Waals surface area (Å²) in [7, 11) is 0. The van der Waals surface area contributed by atoms with E-state index < -0.39 is 17.5 Å². The number of nitrogens with zero attached hydrogens (tertiary/aromatic N) is 2. The second-order valence-corrected chi connectivity index (χ2v) is 4.76. The Kier molecular flexibility index (Phi) is 4.63. The fraction of sp³-hybridized carbons (Fsp3) is 0.556. The molecule has 102 valence electrons. The average molecular weight is 281 g/mol. The highest BCUT2D eigenvalue weighted by molar-refractivity contribution is 7.99. The number of rotatable bonds is 4. The normalized spacial score (nSPS) is 15.4. The van der Waals surface area contributed by atoms with Crippen molar-refractivity contribution in [3.05, 3.63) is 6.07 Å². The molecular weight excluding hydrogens is 267 g/mol. The minimum Gasteiger partial charge on any atom is -0.383 e. The monoisotopic (exact) mass is 281 g/mol. The van der Waals surface area contributed by atoms with Gasteiger partial charge in [0.1, 0.15) is 16.9 Å². The van der Waals surface area contributed by atoms with Gasteiger partial charge in [-0.05, 0) is 6.42 Å². The Morgan fingerprint density at radius 1 is 1.28 bits per heavy atom. The molecule has 1 aromatic rings. The molecule has 2 atom stereocenters. The zero-order valence-corrected chi connectivity index (χ0v) is 10.4. The van der Waals surface area contributed by atoms with Crippen LogP contribution >= 0.6 is 11.8 Å². The van der Waals surface area contributed by atoms with Crippen molar-refractivity contribution in [3.8, 4) is 0 Å². The molecule has 0 amide bonds. The van der Waals surface area contributed by atoms with Crippen LogP contribution in [0, 0.1) is 0 Å². The molecule has 0 aliphatic carbocycles. The van der Waals surface area contributed by atoms with E-state index in [1.807, 2.05) is 0 Å². The molecule has 0 aromatic carbocycles. The van der Waals surface area contributed by atoms with Crippen LogP contribution < -0.4 is 17.2 Å². The first-order valence-corrected chi connectivity index (χ1v) is 6.01.